The van der Waals surface area contributed by atoms with Gasteiger partial charge in [-0.1, -0.05) is 6.92 Å². The maximum atomic E-state index is 14.3. The second-order valence-corrected chi connectivity index (χ2v) is 13.9. The summed E-state index contributed by atoms with van der Waals surface area (Å²) in [5, 5.41) is 12.8. The molecule has 1 aliphatic rings. The second-order valence-electron chi connectivity index (χ2n) is 12.3. The van der Waals surface area contributed by atoms with E-state index < -0.39 is 39.9 Å². The van der Waals surface area contributed by atoms with Gasteiger partial charge in [0.05, 0.1) is 36.7 Å². The largest absolute Gasteiger partial charge is 0.490 e. The summed E-state index contributed by atoms with van der Waals surface area (Å²) in [7, 11) is -0.762. The molecule has 0 fully saturated rings. The molecule has 0 saturated carbocycles. The molecule has 2 aromatic carbocycles. The van der Waals surface area contributed by atoms with Gasteiger partial charge in [0, 0.05) is 57.3 Å². The van der Waals surface area contributed by atoms with E-state index in [1.807, 2.05) is 13.8 Å². The maximum Gasteiger partial charge on any atom is 0.321 e. The number of amides is 3. The van der Waals surface area contributed by atoms with Crippen molar-refractivity contribution >= 4 is 33.3 Å². The summed E-state index contributed by atoms with van der Waals surface area (Å²) < 4.78 is 56.0. The highest BCUT2D eigenvalue weighted by atomic mass is 32.2. The third-order valence-corrected chi connectivity index (χ3v) is 9.42. The first-order chi connectivity index (χ1) is 22.8. The van der Waals surface area contributed by atoms with Gasteiger partial charge >= 0.3 is 6.03 Å². The van der Waals surface area contributed by atoms with E-state index in [0.29, 0.717) is 18.7 Å². The number of fused-ring (bicyclic) bond motifs is 1. The van der Waals surface area contributed by atoms with Crippen LogP contribution in [0, 0.1) is 11.7 Å². The van der Waals surface area contributed by atoms with Crippen LogP contribution < -0.4 is 14.8 Å². The van der Waals surface area contributed by atoms with Crippen molar-refractivity contribution in [1.82, 2.24) is 19.4 Å². The molecule has 1 aliphatic heterocycles. The zero-order valence-corrected chi connectivity index (χ0v) is 28.7. The van der Waals surface area contributed by atoms with Crippen molar-refractivity contribution in [1.29, 1.82) is 0 Å². The van der Waals surface area contributed by atoms with E-state index >= 15 is 0 Å². The quantitative estimate of drug-likeness (QED) is 0.316. The van der Waals surface area contributed by atoms with Crippen LogP contribution in [0.15, 0.2) is 60.0 Å². The summed E-state index contributed by atoms with van der Waals surface area (Å²) in [6.07, 6.45) is 4.17. The molecule has 0 unspecified atom stereocenters. The van der Waals surface area contributed by atoms with Crippen LogP contribution in [0.25, 0.3) is 0 Å². The van der Waals surface area contributed by atoms with Crippen LogP contribution in [0.3, 0.4) is 0 Å². The maximum absolute atomic E-state index is 14.3. The number of aliphatic hydroxyl groups excluding tert-OH is 1. The van der Waals surface area contributed by atoms with Crippen molar-refractivity contribution in [2.75, 3.05) is 43.4 Å². The van der Waals surface area contributed by atoms with Gasteiger partial charge < -0.3 is 34.3 Å². The number of aliphatic hydroxyl groups is 1. The Hall–Kier alpha value is -4.21. The monoisotopic (exact) mass is 688 g/mol. The zero-order valence-electron chi connectivity index (χ0n) is 27.9. The van der Waals surface area contributed by atoms with E-state index in [2.05, 4.69) is 15.0 Å². The van der Waals surface area contributed by atoms with Crippen LogP contribution in [-0.4, -0.2) is 96.4 Å². The molecule has 0 radical (unpaired) electrons. The molecule has 3 N–H and O–H groups in total. The number of aryl methyl sites for hydroxylation is 1. The van der Waals surface area contributed by atoms with Crippen molar-refractivity contribution in [3.05, 3.63) is 66.4 Å². The van der Waals surface area contributed by atoms with E-state index in [1.54, 1.807) is 27.1 Å². The van der Waals surface area contributed by atoms with Gasteiger partial charge in [-0.2, -0.15) is 8.42 Å². The third-order valence-electron chi connectivity index (χ3n) is 8.16. The third kappa shape index (κ3) is 9.67. The van der Waals surface area contributed by atoms with E-state index in [9.17, 15) is 27.5 Å². The molecule has 0 spiro atoms. The molecular weight excluding hydrogens is 643 g/mol. The number of imidazole rings is 1. The smallest absolute Gasteiger partial charge is 0.321 e. The number of ether oxygens (including phenoxy) is 2. The highest BCUT2D eigenvalue weighted by molar-refractivity contribution is 7.92. The standard InChI is InChI=1S/C33H45FN6O7S/c1-22-17-40(23(2)20-41)32(42)28-16-27(37-48(44,45)31-19-38(4)21-35-31)13-14-29(28)47-24(3)8-6-7-15-46-30(22)18-39(5)33(43)36-26-11-9-25(34)10-12-26/h9-14,16,19,21-24,30,37,41H,6-8,15,17-18,20H2,1-5H3,(H,36,43)/t22-,23-,24-,30-/m1/s1. The molecule has 48 heavy (non-hydrogen) atoms. The summed E-state index contributed by atoms with van der Waals surface area (Å²) in [5.74, 6) is -0.896. The number of anilines is 2. The fourth-order valence-corrected chi connectivity index (χ4v) is 6.32. The summed E-state index contributed by atoms with van der Waals surface area (Å²) in [6.45, 7) is 5.95. The van der Waals surface area contributed by atoms with Gasteiger partial charge in [-0.25, -0.2) is 14.2 Å². The van der Waals surface area contributed by atoms with Crippen molar-refractivity contribution in [3.63, 3.8) is 0 Å². The molecule has 15 heteroatoms. The lowest BCUT2D eigenvalue weighted by atomic mass is 10.0. The zero-order chi connectivity index (χ0) is 35.0. The number of nitrogens with one attached hydrogen (secondary N) is 2. The van der Waals surface area contributed by atoms with Gasteiger partial charge in [0.1, 0.15) is 11.6 Å². The molecule has 0 bridgehead atoms. The molecule has 0 aliphatic carbocycles. The molecule has 4 rings (SSSR count). The molecule has 262 valence electrons. The summed E-state index contributed by atoms with van der Waals surface area (Å²) in [4.78, 5) is 34.2. The normalized spacial score (nSPS) is 20.2. The van der Waals surface area contributed by atoms with Crippen molar-refractivity contribution in [3.8, 4) is 5.75 Å². The van der Waals surface area contributed by atoms with E-state index in [1.165, 1.54) is 63.3 Å². The number of hydrogen-bond acceptors (Lipinski definition) is 8. The van der Waals surface area contributed by atoms with Crippen LogP contribution in [0.2, 0.25) is 0 Å². The predicted octanol–water partition coefficient (Wildman–Crippen LogP) is 4.32. The van der Waals surface area contributed by atoms with Crippen molar-refractivity contribution < 1.29 is 37.0 Å². The highest BCUT2D eigenvalue weighted by Crippen LogP contribution is 2.29. The lowest BCUT2D eigenvalue weighted by molar-refractivity contribution is -0.0115. The van der Waals surface area contributed by atoms with Crippen LogP contribution in [0.4, 0.5) is 20.6 Å². The Kier molecular flexibility index (Phi) is 12.4. The molecule has 4 atom stereocenters. The van der Waals surface area contributed by atoms with Gasteiger partial charge in [0.25, 0.3) is 15.9 Å². The minimum absolute atomic E-state index is 0.126. The van der Waals surface area contributed by atoms with Gasteiger partial charge in [-0.3, -0.25) is 9.52 Å². The number of sulfonamides is 1. The Labute approximate surface area is 281 Å². The number of carbonyl (C=O) groups is 2. The number of hydrogen-bond donors (Lipinski definition) is 3. The topological polar surface area (TPSA) is 155 Å². The average Bonchev–Trinajstić information content (AvgIpc) is 3.50. The van der Waals surface area contributed by atoms with Gasteiger partial charge in [0.2, 0.25) is 0 Å². The predicted molar refractivity (Wildman–Crippen MR) is 179 cm³/mol. The Balaban J connectivity index is 1.62. The average molecular weight is 689 g/mol. The number of benzene rings is 2. The van der Waals surface area contributed by atoms with Gasteiger partial charge in [-0.15, -0.1) is 0 Å². The Morgan fingerprint density at radius 2 is 1.88 bits per heavy atom. The van der Waals surface area contributed by atoms with Crippen LogP contribution in [-0.2, 0) is 21.8 Å². The summed E-state index contributed by atoms with van der Waals surface area (Å²) in [6, 6.07) is 8.96. The number of urea groups is 1. The number of carbonyl (C=O) groups excluding carboxylic acids is 2. The van der Waals surface area contributed by atoms with Crippen molar-refractivity contribution in [2.45, 2.75) is 63.3 Å². The Bertz CT molecular complexity index is 1650. The molecule has 3 amide bonds. The molecule has 0 saturated heterocycles. The van der Waals surface area contributed by atoms with Crippen molar-refractivity contribution in [2.24, 2.45) is 13.0 Å². The fourth-order valence-electron chi connectivity index (χ4n) is 5.29. The molecule has 13 nitrogen and oxygen atoms in total. The van der Waals surface area contributed by atoms with Gasteiger partial charge in [-0.05, 0) is 75.6 Å². The van der Waals surface area contributed by atoms with E-state index in [-0.39, 0.29) is 53.7 Å². The number of nitrogens with zero attached hydrogens (tertiary/aromatic N) is 4. The van der Waals surface area contributed by atoms with E-state index in [0.717, 1.165) is 12.8 Å². The lowest BCUT2D eigenvalue weighted by Crippen LogP contribution is -2.48. The first-order valence-corrected chi connectivity index (χ1v) is 17.4. The lowest BCUT2D eigenvalue weighted by Gasteiger charge is -2.35. The van der Waals surface area contributed by atoms with E-state index in [4.69, 9.17) is 9.47 Å². The number of likely N-dealkylation sites (N-methyl/N-ethyl adjacent to an activating group) is 1. The SMILES string of the molecule is C[C@@H]1CCCCO[C@H](CN(C)C(=O)Nc2ccc(F)cc2)[C@H](C)CN([C@H](C)CO)C(=O)c2cc(NS(=O)(=O)c3cn(C)cn3)ccc2O1. The fraction of sp³-hybridized carbons (Fsp3) is 0.485. The number of rotatable bonds is 8. The minimum Gasteiger partial charge on any atom is -0.490 e. The minimum atomic E-state index is -4.05. The number of aromatic nitrogens is 2. The van der Waals surface area contributed by atoms with Crippen LogP contribution in [0.5, 0.6) is 5.75 Å². The second kappa shape index (κ2) is 16.3. The summed E-state index contributed by atoms with van der Waals surface area (Å²) >= 11 is 0. The molecular formula is C33H45FN6O7S. The molecule has 3 aromatic rings. The highest BCUT2D eigenvalue weighted by Gasteiger charge is 2.31. The Morgan fingerprint density at radius 3 is 2.54 bits per heavy atom. The van der Waals surface area contributed by atoms with Gasteiger partial charge in [0.15, 0.2) is 5.03 Å². The molecule has 2 heterocycles. The van der Waals surface area contributed by atoms with Crippen LogP contribution in [0.1, 0.15) is 50.4 Å². The van der Waals surface area contributed by atoms with Crippen LogP contribution >= 0.6 is 0 Å². The summed E-state index contributed by atoms with van der Waals surface area (Å²) in [5.41, 5.74) is 0.712. The first-order valence-electron chi connectivity index (χ1n) is 15.9. The molecule has 1 aromatic heterocycles. The number of halogens is 1. The Morgan fingerprint density at radius 1 is 1.17 bits per heavy atom. The first kappa shape index (κ1) is 36.6.